The smallest absolute Gasteiger partial charge is 0.335 e. The lowest BCUT2D eigenvalue weighted by Crippen LogP contribution is -2.65. The van der Waals surface area contributed by atoms with Gasteiger partial charge in [-0.25, -0.2) is 34.6 Å². The maximum atomic E-state index is 12.7. The van der Waals surface area contributed by atoms with Crippen LogP contribution in [0.1, 0.15) is 129 Å². The minimum Gasteiger partial charge on any atom is -0.414 e. The first-order valence-electron chi connectivity index (χ1n) is 25.8. The fourth-order valence-electron chi connectivity index (χ4n) is 11.9. The molecule has 4 saturated heterocycles. The zero-order valence-electron chi connectivity index (χ0n) is 44.7. The number of hydrogen-bond donors (Lipinski definition) is 3. The van der Waals surface area contributed by atoms with Gasteiger partial charge >= 0.3 is 34.2 Å². The third kappa shape index (κ3) is 8.34. The molecule has 0 saturated carbocycles. The van der Waals surface area contributed by atoms with Gasteiger partial charge in [0.1, 0.15) is 60.4 Å². The van der Waals surface area contributed by atoms with E-state index in [2.05, 4.69) is 131 Å². The van der Waals surface area contributed by atoms with E-state index in [1.54, 1.807) is 21.8 Å². The van der Waals surface area contributed by atoms with Crippen LogP contribution in [0, 0.1) is 0 Å². The highest BCUT2D eigenvalue weighted by Crippen LogP contribution is 2.53. The van der Waals surface area contributed by atoms with E-state index in [-0.39, 0.29) is 75.0 Å². The normalized spacial score (nSPS) is 28.5. The van der Waals surface area contributed by atoms with Crippen molar-refractivity contribution < 1.29 is 40.5 Å². The van der Waals surface area contributed by atoms with Gasteiger partial charge in [-0.3, -0.25) is 9.13 Å². The summed E-state index contributed by atoms with van der Waals surface area (Å²) in [5.74, 6) is 0.665. The number of hydrogen-bond acceptors (Lipinski definition) is 19. The second kappa shape index (κ2) is 19.5. The molecule has 0 aliphatic carbocycles. The molecule has 9 rings (SSSR count). The monoisotopic (exact) mass is 1070 g/mol. The summed E-state index contributed by atoms with van der Waals surface area (Å²) in [7, 11) is -12.2. The molecule has 0 radical (unpaired) electrons. The van der Waals surface area contributed by atoms with E-state index in [0.717, 1.165) is 0 Å². The minimum absolute atomic E-state index is 0.0275. The Bertz CT molecular complexity index is 2700. The lowest BCUT2D eigenvalue weighted by Gasteiger charge is -2.51. The average Bonchev–Trinajstić information content (AvgIpc) is 4.13. The third-order valence-electron chi connectivity index (χ3n) is 15.7. The Kier molecular flexibility index (Phi) is 14.4. The summed E-state index contributed by atoms with van der Waals surface area (Å²) < 4.78 is 63.8. The molecular formula is C46H77N13O9Si4. The topological polar surface area (TPSA) is 264 Å². The summed E-state index contributed by atoms with van der Waals surface area (Å²) in [5.41, 5.74) is 15.4. The van der Waals surface area contributed by atoms with Crippen molar-refractivity contribution in [2.24, 2.45) is 0 Å². The van der Waals surface area contributed by atoms with Crippen molar-refractivity contribution in [2.45, 2.75) is 204 Å². The number of nitrogens with two attached hydrogens (primary N) is 2. The van der Waals surface area contributed by atoms with Crippen molar-refractivity contribution in [2.75, 3.05) is 24.7 Å². The van der Waals surface area contributed by atoms with Crippen LogP contribution in [-0.2, 0) is 35.4 Å². The molecule has 0 aromatic carbocycles. The largest absolute Gasteiger partial charge is 0.414 e. The number of aliphatic hydroxyl groups excluding tert-OH is 1. The molecule has 0 spiro atoms. The van der Waals surface area contributed by atoms with Crippen LogP contribution in [0.2, 0.25) is 44.3 Å². The first kappa shape index (κ1) is 53.2. The van der Waals surface area contributed by atoms with Crippen LogP contribution in [0.25, 0.3) is 33.8 Å². The maximum Gasteiger partial charge on any atom is 0.335 e. The summed E-state index contributed by atoms with van der Waals surface area (Å²) in [6.07, 6.45) is 0.424. The van der Waals surface area contributed by atoms with Gasteiger partial charge in [0.2, 0.25) is 0 Å². The quantitative estimate of drug-likeness (QED) is 0.101. The molecule has 5 aromatic rings. The molecular weight excluding hydrogens is 991 g/mol. The minimum atomic E-state index is -3.20. The van der Waals surface area contributed by atoms with Crippen molar-refractivity contribution in [3.63, 3.8) is 0 Å². The molecule has 0 amide bonds. The van der Waals surface area contributed by atoms with Crippen LogP contribution < -0.4 is 11.5 Å². The Hall–Kier alpha value is -3.65. The summed E-state index contributed by atoms with van der Waals surface area (Å²) in [6, 6.07) is -0.692. The van der Waals surface area contributed by atoms with Gasteiger partial charge in [0.15, 0.2) is 46.7 Å². The predicted molar refractivity (Wildman–Crippen MR) is 279 cm³/mol. The average molecular weight is 1070 g/mol. The number of nitrogens with zero attached hydrogens (tertiary/aromatic N) is 11. The highest BCUT2D eigenvalue weighted by molar-refractivity contribution is 6.84. The number of anilines is 2. The molecule has 0 unspecified atom stereocenters. The van der Waals surface area contributed by atoms with Gasteiger partial charge in [0, 0.05) is 0 Å². The van der Waals surface area contributed by atoms with Gasteiger partial charge in [0.25, 0.3) is 0 Å². The van der Waals surface area contributed by atoms with E-state index in [1.165, 1.54) is 12.7 Å². The van der Waals surface area contributed by atoms with Crippen LogP contribution in [0.3, 0.4) is 0 Å². The van der Waals surface area contributed by atoms with Crippen molar-refractivity contribution in [3.8, 4) is 11.5 Å². The fourth-order valence-corrected chi connectivity index (χ4v) is 34.4. The first-order chi connectivity index (χ1) is 33.9. The second-order valence-corrected chi connectivity index (χ2v) is 40.3. The number of aromatic nitrogens is 11. The molecule has 4 aliphatic heterocycles. The molecule has 0 bridgehead atoms. The SMILES string of the molecule is CC(C)[Si]1(C(C)C)OC[C@H]2O[C@@H](n3c(-c4cn([C@H]5[C@@H]6O[Si](C(C)C)(C(C)C)O[Si](C(C)C)(C(C)C)OC[C@H]6O[C@H]5n5cnc6c(N)ncnc65)nn4)nc4c(N)ncnc43)[C@H](O)[C@@H]2O[Si](C(C)C)(C(C)C)O1. The highest BCUT2D eigenvalue weighted by Gasteiger charge is 2.64. The Balaban J connectivity index is 1.18. The van der Waals surface area contributed by atoms with Crippen molar-refractivity contribution in [1.29, 1.82) is 0 Å². The molecule has 26 heteroatoms. The number of imidazole rings is 2. The van der Waals surface area contributed by atoms with Gasteiger partial charge in [-0.1, -0.05) is 116 Å². The molecule has 5 aromatic heterocycles. The van der Waals surface area contributed by atoms with Gasteiger partial charge in [0.05, 0.1) is 25.7 Å². The fraction of sp³-hybridized carbons (Fsp3) is 0.739. The summed E-state index contributed by atoms with van der Waals surface area (Å²) in [5, 5.41) is 22.4. The number of aliphatic hydroxyl groups is 1. The zero-order valence-corrected chi connectivity index (χ0v) is 48.7. The molecule has 4 aliphatic rings. The summed E-state index contributed by atoms with van der Waals surface area (Å²) >= 11 is 0. The van der Waals surface area contributed by atoms with Crippen LogP contribution in [0.5, 0.6) is 0 Å². The predicted octanol–water partition coefficient (Wildman–Crippen LogP) is 7.70. The summed E-state index contributed by atoms with van der Waals surface area (Å²) in [4.78, 5) is 27.5. The van der Waals surface area contributed by atoms with Crippen LogP contribution in [0.15, 0.2) is 25.2 Å². The maximum absolute atomic E-state index is 12.7. The first-order valence-corrected chi connectivity index (χ1v) is 33.7. The van der Waals surface area contributed by atoms with Crippen molar-refractivity contribution >= 4 is 68.2 Å². The molecule has 396 valence electrons. The standard InChI is InChI=1S/C46H77N13O9Si4/c1-23(2)69(24(3)4)61-18-32-38(65-71(67-69,27(9)10)28(11)12)36(45(63-32)57-22-53-34-40(47)49-20-51-43(34)57)58-17-31(55-56-58)42-54-35-41(48)50-21-52-44(35)59(42)46-37(60)39-33(64-46)19-62-70(25(5)6,26(7)8)68-72(66-39,29(13)14)30(15)16/h17,20-30,32-33,36-39,45-46,60H,18-19H2,1-16H3,(H2,47,49,51)(H2,48,50,52)/t32-,33-,36+,37-,38-,39-,45-,46-/m1/s1. The van der Waals surface area contributed by atoms with E-state index in [9.17, 15) is 5.11 Å². The second-order valence-electron chi connectivity index (χ2n) is 22.6. The number of nitrogen functional groups attached to an aromatic ring is 2. The van der Waals surface area contributed by atoms with Crippen molar-refractivity contribution in [1.82, 2.24) is 54.0 Å². The number of rotatable bonds is 12. The third-order valence-corrected chi connectivity index (χ3v) is 36.2. The Morgan fingerprint density at radius 3 is 1.58 bits per heavy atom. The van der Waals surface area contributed by atoms with E-state index < -0.39 is 83.3 Å². The Labute approximate surface area is 426 Å². The van der Waals surface area contributed by atoms with E-state index >= 15 is 0 Å². The van der Waals surface area contributed by atoms with Crippen LogP contribution >= 0.6 is 0 Å². The van der Waals surface area contributed by atoms with Gasteiger partial charge in [-0.2, -0.15) is 0 Å². The van der Waals surface area contributed by atoms with Crippen LogP contribution in [-0.4, -0.2) is 137 Å². The van der Waals surface area contributed by atoms with E-state index in [1.807, 2.05) is 4.57 Å². The molecule has 8 atom stereocenters. The van der Waals surface area contributed by atoms with Crippen molar-refractivity contribution in [3.05, 3.63) is 25.2 Å². The summed E-state index contributed by atoms with van der Waals surface area (Å²) in [6.45, 7) is 35.2. The lowest BCUT2D eigenvalue weighted by atomic mass is 10.1. The van der Waals surface area contributed by atoms with Gasteiger partial charge < -0.3 is 52.0 Å². The Morgan fingerprint density at radius 2 is 1.06 bits per heavy atom. The van der Waals surface area contributed by atoms with E-state index in [4.69, 9.17) is 67.2 Å². The van der Waals surface area contributed by atoms with Crippen LogP contribution in [0.4, 0.5) is 11.6 Å². The highest BCUT2D eigenvalue weighted by atomic mass is 28.5. The molecule has 72 heavy (non-hydrogen) atoms. The molecule has 9 heterocycles. The van der Waals surface area contributed by atoms with Gasteiger partial charge in [-0.15, -0.1) is 5.10 Å². The van der Waals surface area contributed by atoms with E-state index in [0.29, 0.717) is 28.0 Å². The lowest BCUT2D eigenvalue weighted by molar-refractivity contribution is -0.0564. The molecule has 5 N–H and O–H groups in total. The number of fused-ring (bicyclic) bond motifs is 4. The molecule has 4 fully saturated rings. The molecule has 22 nitrogen and oxygen atoms in total. The number of ether oxygens (including phenoxy) is 2. The zero-order chi connectivity index (χ0) is 52.1. The van der Waals surface area contributed by atoms with Gasteiger partial charge in [-0.05, 0) is 44.3 Å². The Morgan fingerprint density at radius 1 is 0.583 bits per heavy atom.